The first-order chi connectivity index (χ1) is 31.7. The third-order valence-electron chi connectivity index (χ3n) is 11.3. The van der Waals surface area contributed by atoms with E-state index in [0.717, 1.165) is 60.9 Å². The van der Waals surface area contributed by atoms with E-state index in [4.69, 9.17) is 11.5 Å². The molecule has 3 aliphatic rings. The number of nitrogens with one attached hydrogen (secondary N) is 3. The normalized spacial score (nSPS) is 13.7. The van der Waals surface area contributed by atoms with E-state index in [9.17, 15) is 28.8 Å². The molecule has 9 rings (SSSR count). The first kappa shape index (κ1) is 53.7. The Morgan fingerprint density at radius 1 is 0.420 bits per heavy atom. The Balaban J connectivity index is 0.000000221. The molecule has 69 heavy (non-hydrogen) atoms. The summed E-state index contributed by atoms with van der Waals surface area (Å²) in [6, 6.07) is 9.99. The molecule has 3 aliphatic heterocycles. The van der Waals surface area contributed by atoms with E-state index in [2.05, 4.69) is 45.9 Å². The summed E-state index contributed by atoms with van der Waals surface area (Å²) < 4.78 is 4.73. The molecular weight excluding hydrogens is 881 g/mol. The Bertz CT molecular complexity index is 2710. The average molecular weight is 945 g/mol. The number of aryl methyl sites for hydroxylation is 4. The van der Waals surface area contributed by atoms with Gasteiger partial charge in [-0.1, -0.05) is 22.3 Å². The SMILES string of the molecule is C.C.C.Cc1cc(Nc2cc(C)c3n(c2=O)CCCCC3=O)ncn1.Cc1cc(Nc2cc(N)ncn2)c(=O)n2c1C(=O)CCCC2.Cc1cc(Nc2cc(N)ncn2)c(=O)n2c1C(=O)CCCC2. The molecule has 0 fully saturated rings. The molecular formula is C49H64N14O6. The lowest BCUT2D eigenvalue weighted by Gasteiger charge is -2.14. The molecule has 0 saturated heterocycles. The van der Waals surface area contributed by atoms with E-state index in [1.54, 1.807) is 50.1 Å². The number of rotatable bonds is 6. The molecule has 0 amide bonds. The van der Waals surface area contributed by atoms with Crippen molar-refractivity contribution in [1.82, 2.24) is 43.6 Å². The van der Waals surface area contributed by atoms with Crippen molar-refractivity contribution in [1.29, 1.82) is 0 Å². The lowest BCUT2D eigenvalue weighted by molar-refractivity contribution is 0.0967. The van der Waals surface area contributed by atoms with Crippen molar-refractivity contribution in [3.05, 3.63) is 126 Å². The fraction of sp³-hybridized carbons (Fsp3) is 0.388. The molecule has 0 unspecified atom stereocenters. The number of fused-ring (bicyclic) bond motifs is 3. The number of carbonyl (C=O) groups is 3. The molecule has 6 aromatic rings. The molecule has 0 aliphatic carbocycles. The van der Waals surface area contributed by atoms with Gasteiger partial charge >= 0.3 is 0 Å². The topological polar surface area (TPSA) is 283 Å². The maximum Gasteiger partial charge on any atom is 0.274 e. The van der Waals surface area contributed by atoms with Crippen LogP contribution in [0.1, 0.15) is 134 Å². The number of pyridine rings is 3. The van der Waals surface area contributed by atoms with Crippen molar-refractivity contribution in [3.63, 3.8) is 0 Å². The van der Waals surface area contributed by atoms with E-state index in [1.165, 1.54) is 19.0 Å². The average Bonchev–Trinajstić information content (AvgIpc) is 3.70. The Labute approximate surface area is 401 Å². The minimum atomic E-state index is -0.215. The summed E-state index contributed by atoms with van der Waals surface area (Å²) in [5, 5.41) is 8.97. The zero-order valence-corrected chi connectivity index (χ0v) is 37.3. The highest BCUT2D eigenvalue weighted by Gasteiger charge is 2.24. The van der Waals surface area contributed by atoms with Gasteiger partial charge in [0.05, 0.1) is 17.1 Å². The van der Waals surface area contributed by atoms with Gasteiger partial charge in [0.15, 0.2) is 17.3 Å². The predicted octanol–water partition coefficient (Wildman–Crippen LogP) is 7.55. The van der Waals surface area contributed by atoms with Crippen LogP contribution < -0.4 is 44.1 Å². The van der Waals surface area contributed by atoms with Gasteiger partial charge in [0.1, 0.15) is 65.1 Å². The molecule has 0 bridgehead atoms. The van der Waals surface area contributed by atoms with Crippen LogP contribution in [-0.2, 0) is 19.6 Å². The third kappa shape index (κ3) is 12.6. The van der Waals surface area contributed by atoms with Crippen molar-refractivity contribution in [2.24, 2.45) is 0 Å². The second kappa shape index (κ2) is 23.7. The van der Waals surface area contributed by atoms with Gasteiger partial charge in [-0.05, 0) is 101 Å². The number of aromatic nitrogens is 9. The van der Waals surface area contributed by atoms with Crippen molar-refractivity contribution in [2.75, 3.05) is 27.4 Å². The number of nitrogen functional groups attached to an aromatic ring is 2. The molecule has 20 nitrogen and oxygen atoms in total. The first-order valence-electron chi connectivity index (χ1n) is 21.8. The van der Waals surface area contributed by atoms with Gasteiger partial charge in [0.25, 0.3) is 16.7 Å². The lowest BCUT2D eigenvalue weighted by atomic mass is 10.1. The van der Waals surface area contributed by atoms with E-state index in [-0.39, 0.29) is 56.3 Å². The molecule has 20 heteroatoms. The molecule has 9 heterocycles. The highest BCUT2D eigenvalue weighted by molar-refractivity contribution is 5.97. The number of Topliss-reactive ketones (excluding diaryl/α,β-unsaturated/α-hetero) is 3. The first-order valence-corrected chi connectivity index (χ1v) is 21.8. The van der Waals surface area contributed by atoms with Crippen molar-refractivity contribution in [2.45, 2.75) is 127 Å². The quantitative estimate of drug-likeness (QED) is 0.108. The van der Waals surface area contributed by atoms with Gasteiger partial charge in [-0.2, -0.15) is 0 Å². The van der Waals surface area contributed by atoms with Crippen LogP contribution in [0, 0.1) is 27.7 Å². The van der Waals surface area contributed by atoms with Gasteiger partial charge in [-0.15, -0.1) is 0 Å². The summed E-state index contributed by atoms with van der Waals surface area (Å²) in [4.78, 5) is 98.3. The number of nitrogens with two attached hydrogens (primary N) is 2. The van der Waals surface area contributed by atoms with E-state index < -0.39 is 0 Å². The van der Waals surface area contributed by atoms with Crippen LogP contribution in [0.5, 0.6) is 0 Å². The summed E-state index contributed by atoms with van der Waals surface area (Å²) >= 11 is 0. The van der Waals surface area contributed by atoms with Crippen LogP contribution >= 0.6 is 0 Å². The third-order valence-corrected chi connectivity index (χ3v) is 11.3. The number of carbonyl (C=O) groups excluding carboxylic acids is 3. The second-order valence-corrected chi connectivity index (χ2v) is 16.4. The van der Waals surface area contributed by atoms with E-state index >= 15 is 0 Å². The van der Waals surface area contributed by atoms with Gasteiger partial charge in [-0.25, -0.2) is 29.9 Å². The summed E-state index contributed by atoms with van der Waals surface area (Å²) in [6.45, 7) is 9.11. The fourth-order valence-electron chi connectivity index (χ4n) is 8.28. The Hall–Kier alpha value is -7.90. The number of hydrogen-bond acceptors (Lipinski definition) is 17. The maximum atomic E-state index is 12.7. The minimum absolute atomic E-state index is 0. The largest absolute Gasteiger partial charge is 0.384 e. The van der Waals surface area contributed by atoms with Gasteiger partial charge in [0.2, 0.25) is 0 Å². The molecule has 7 N–H and O–H groups in total. The van der Waals surface area contributed by atoms with Crippen LogP contribution in [0.4, 0.5) is 46.2 Å². The molecule has 6 aromatic heterocycles. The molecule has 0 spiro atoms. The van der Waals surface area contributed by atoms with Crippen LogP contribution in [0.15, 0.2) is 69.8 Å². The lowest BCUT2D eigenvalue weighted by Crippen LogP contribution is -2.27. The van der Waals surface area contributed by atoms with E-state index in [1.807, 2.05) is 27.7 Å². The fourth-order valence-corrected chi connectivity index (χ4v) is 8.28. The van der Waals surface area contributed by atoms with Crippen molar-refractivity contribution < 1.29 is 14.4 Å². The number of nitrogens with zero attached hydrogens (tertiary/aromatic N) is 9. The Morgan fingerprint density at radius 3 is 1.03 bits per heavy atom. The minimum Gasteiger partial charge on any atom is -0.384 e. The van der Waals surface area contributed by atoms with Crippen LogP contribution in [0.25, 0.3) is 0 Å². The molecule has 0 radical (unpaired) electrons. The summed E-state index contributed by atoms with van der Waals surface area (Å²) in [5.74, 6) is 2.23. The van der Waals surface area contributed by atoms with Gasteiger partial charge in [-0.3, -0.25) is 28.8 Å². The highest BCUT2D eigenvalue weighted by Crippen LogP contribution is 2.24. The van der Waals surface area contributed by atoms with Gasteiger partial charge < -0.3 is 41.1 Å². The summed E-state index contributed by atoms with van der Waals surface area (Å²) in [6.07, 6.45) is 10.5. The number of ketones is 3. The van der Waals surface area contributed by atoms with Crippen molar-refractivity contribution in [3.8, 4) is 0 Å². The van der Waals surface area contributed by atoms with Crippen LogP contribution in [0.3, 0.4) is 0 Å². The molecule has 0 aromatic carbocycles. The molecule has 366 valence electrons. The van der Waals surface area contributed by atoms with Gasteiger partial charge in [0, 0.05) is 62.8 Å². The maximum absolute atomic E-state index is 12.7. The Kier molecular flexibility index (Phi) is 18.5. The molecule has 0 atom stereocenters. The number of anilines is 8. The monoisotopic (exact) mass is 945 g/mol. The predicted molar refractivity (Wildman–Crippen MR) is 271 cm³/mol. The van der Waals surface area contributed by atoms with Crippen molar-refractivity contribution >= 4 is 63.5 Å². The number of hydrogen-bond donors (Lipinski definition) is 5. The molecule has 0 saturated carbocycles. The standard InChI is InChI=1S/C16H18N4O2.2C15H17N5O2.3CH4/c1-10-7-12(19-14-8-11(2)17-9-18-14)16(22)20-6-4-3-5-13(21)15(10)20;2*1-9-6-10(19-13-7-12(16)17-8-18-13)15(22)20-5-3-2-4-11(21)14(9)20;;;/h7-9H,3-6H2,1-2H3,(H,17,18,19);2*6-8H,2-5H2,1H3,(H3,16,17,18,19);3*1H4. The zero-order valence-electron chi connectivity index (χ0n) is 37.3. The zero-order chi connectivity index (χ0) is 47.1. The second-order valence-electron chi connectivity index (χ2n) is 16.4. The van der Waals surface area contributed by atoms with Crippen LogP contribution in [0.2, 0.25) is 0 Å². The van der Waals surface area contributed by atoms with Crippen LogP contribution in [-0.4, -0.2) is 61.0 Å². The summed E-state index contributed by atoms with van der Waals surface area (Å²) in [5.41, 5.74) is 16.6. The summed E-state index contributed by atoms with van der Waals surface area (Å²) in [7, 11) is 0. The van der Waals surface area contributed by atoms with E-state index in [0.29, 0.717) is 102 Å². The smallest absolute Gasteiger partial charge is 0.274 e. The highest BCUT2D eigenvalue weighted by atomic mass is 16.2. The Morgan fingerprint density at radius 2 is 0.725 bits per heavy atom.